The molecule has 3 aromatic heterocycles. The van der Waals surface area contributed by atoms with Crippen molar-refractivity contribution in [2.45, 2.75) is 39.7 Å². The van der Waals surface area contributed by atoms with E-state index in [0.29, 0.717) is 5.56 Å². The molecule has 1 aliphatic rings. The third-order valence-corrected chi connectivity index (χ3v) is 6.96. The highest BCUT2D eigenvalue weighted by atomic mass is 35.5. The van der Waals surface area contributed by atoms with Crippen molar-refractivity contribution in [3.05, 3.63) is 78.5 Å². The normalized spacial score (nSPS) is 13.1. The SMILES string of the molecule is Cc1cc(C(=O)Cn2c(Cl)nc3c2c(=O)n(C)c(=O)n3C)c(C)n1-c1ccc2c(c1)CCC2. The molecule has 0 bridgehead atoms. The molecule has 0 atom stereocenters. The number of hydrogen-bond acceptors (Lipinski definition) is 4. The second-order valence-corrected chi connectivity index (χ2v) is 9.03. The molecule has 0 N–H and O–H groups in total. The van der Waals surface area contributed by atoms with E-state index >= 15 is 0 Å². The van der Waals surface area contributed by atoms with Crippen LogP contribution < -0.4 is 11.2 Å². The van der Waals surface area contributed by atoms with Crippen LogP contribution in [0.15, 0.2) is 33.9 Å². The van der Waals surface area contributed by atoms with Crippen LogP contribution in [0.1, 0.15) is 39.3 Å². The number of hydrogen-bond donors (Lipinski definition) is 0. The average Bonchev–Trinajstić information content (AvgIpc) is 3.46. The molecule has 0 saturated heterocycles. The first kappa shape index (κ1) is 21.5. The van der Waals surface area contributed by atoms with Gasteiger partial charge in [-0.3, -0.25) is 18.7 Å². The second kappa shape index (κ2) is 7.59. The van der Waals surface area contributed by atoms with Gasteiger partial charge in [0.15, 0.2) is 16.9 Å². The van der Waals surface area contributed by atoms with Gasteiger partial charge in [0.2, 0.25) is 5.28 Å². The van der Waals surface area contributed by atoms with E-state index in [0.717, 1.165) is 34.5 Å². The van der Waals surface area contributed by atoms with Crippen molar-refractivity contribution in [1.29, 1.82) is 0 Å². The van der Waals surface area contributed by atoms with Gasteiger partial charge in [-0.05, 0) is 74.0 Å². The van der Waals surface area contributed by atoms with E-state index in [2.05, 4.69) is 27.8 Å². The molecule has 0 amide bonds. The average molecular weight is 466 g/mol. The maximum Gasteiger partial charge on any atom is 0.332 e. The number of rotatable bonds is 4. The van der Waals surface area contributed by atoms with E-state index in [1.54, 1.807) is 0 Å². The summed E-state index contributed by atoms with van der Waals surface area (Å²) in [4.78, 5) is 42.5. The number of carbonyl (C=O) groups excluding carboxylic acids is 1. The van der Waals surface area contributed by atoms with Gasteiger partial charge in [0.1, 0.15) is 0 Å². The van der Waals surface area contributed by atoms with Gasteiger partial charge in [-0.15, -0.1) is 0 Å². The second-order valence-electron chi connectivity index (χ2n) is 8.69. The molecule has 3 heterocycles. The first-order valence-electron chi connectivity index (χ1n) is 10.8. The molecule has 0 saturated carbocycles. The van der Waals surface area contributed by atoms with Crippen LogP contribution in [0.3, 0.4) is 0 Å². The topological polar surface area (TPSA) is 83.8 Å². The summed E-state index contributed by atoms with van der Waals surface area (Å²) in [7, 11) is 2.91. The number of Topliss-reactive ketones (excluding diaryl/α,β-unsaturated/α-hetero) is 1. The number of ketones is 1. The number of aryl methyl sites for hydroxylation is 4. The Morgan fingerprint density at radius 2 is 1.79 bits per heavy atom. The Balaban J connectivity index is 1.57. The van der Waals surface area contributed by atoms with Crippen molar-refractivity contribution in [3.8, 4) is 5.69 Å². The molecule has 5 rings (SSSR count). The van der Waals surface area contributed by atoms with Crippen LogP contribution in [-0.2, 0) is 33.5 Å². The molecule has 9 heteroatoms. The summed E-state index contributed by atoms with van der Waals surface area (Å²) in [5, 5.41) is -0.0101. The molecule has 1 aromatic carbocycles. The van der Waals surface area contributed by atoms with Crippen molar-refractivity contribution in [2.24, 2.45) is 14.1 Å². The quantitative estimate of drug-likeness (QED) is 0.342. The van der Waals surface area contributed by atoms with E-state index in [9.17, 15) is 14.4 Å². The largest absolute Gasteiger partial charge is 0.332 e. The summed E-state index contributed by atoms with van der Waals surface area (Å²) in [6, 6.07) is 8.35. The number of fused-ring (bicyclic) bond motifs is 2. The van der Waals surface area contributed by atoms with Crippen LogP contribution in [-0.4, -0.2) is 29.0 Å². The Hall–Kier alpha value is -3.39. The lowest BCUT2D eigenvalue weighted by Gasteiger charge is -2.12. The Morgan fingerprint density at radius 1 is 1.06 bits per heavy atom. The number of aromatic nitrogens is 5. The molecule has 0 aliphatic heterocycles. The maximum absolute atomic E-state index is 13.4. The van der Waals surface area contributed by atoms with Crippen LogP contribution in [0.2, 0.25) is 5.28 Å². The summed E-state index contributed by atoms with van der Waals surface area (Å²) in [5.41, 5.74) is 5.40. The van der Waals surface area contributed by atoms with Crippen molar-refractivity contribution in [2.75, 3.05) is 0 Å². The van der Waals surface area contributed by atoms with Gasteiger partial charge in [0.25, 0.3) is 5.56 Å². The molecule has 4 aromatic rings. The highest BCUT2D eigenvalue weighted by Crippen LogP contribution is 2.28. The molecule has 0 unspecified atom stereocenters. The minimum absolute atomic E-state index is 0.0101. The number of benzene rings is 1. The number of imidazole rings is 1. The zero-order valence-corrected chi connectivity index (χ0v) is 19.7. The fourth-order valence-electron chi connectivity index (χ4n) is 4.93. The van der Waals surface area contributed by atoms with Gasteiger partial charge < -0.3 is 9.13 Å². The van der Waals surface area contributed by atoms with E-state index in [1.807, 2.05) is 19.9 Å². The first-order valence-corrected chi connectivity index (χ1v) is 11.2. The van der Waals surface area contributed by atoms with E-state index in [1.165, 1.54) is 40.8 Å². The third kappa shape index (κ3) is 3.20. The van der Waals surface area contributed by atoms with Gasteiger partial charge in [0, 0.05) is 36.7 Å². The van der Waals surface area contributed by atoms with Crippen LogP contribution in [0.4, 0.5) is 0 Å². The lowest BCUT2D eigenvalue weighted by atomic mass is 10.1. The Morgan fingerprint density at radius 3 is 2.55 bits per heavy atom. The fraction of sp³-hybridized carbons (Fsp3) is 0.333. The molecule has 1 aliphatic carbocycles. The molecule has 0 spiro atoms. The van der Waals surface area contributed by atoms with Crippen LogP contribution >= 0.6 is 11.6 Å². The fourth-order valence-corrected chi connectivity index (χ4v) is 5.16. The van der Waals surface area contributed by atoms with Crippen molar-refractivity contribution in [3.63, 3.8) is 0 Å². The lowest BCUT2D eigenvalue weighted by molar-refractivity contribution is 0.0972. The predicted octanol–water partition coefficient (Wildman–Crippen LogP) is 2.87. The predicted molar refractivity (Wildman–Crippen MR) is 127 cm³/mol. The number of carbonyl (C=O) groups is 1. The summed E-state index contributed by atoms with van der Waals surface area (Å²) in [5.74, 6) is -0.187. The molecule has 8 nitrogen and oxygen atoms in total. The summed E-state index contributed by atoms with van der Waals surface area (Å²) in [6.07, 6.45) is 3.38. The van der Waals surface area contributed by atoms with E-state index in [-0.39, 0.29) is 28.8 Å². The van der Waals surface area contributed by atoms with Gasteiger partial charge in [-0.2, -0.15) is 4.98 Å². The number of nitrogens with zero attached hydrogens (tertiary/aromatic N) is 5. The molecule has 0 radical (unpaired) electrons. The molecular weight excluding hydrogens is 442 g/mol. The highest BCUT2D eigenvalue weighted by molar-refractivity contribution is 6.29. The van der Waals surface area contributed by atoms with Gasteiger partial charge in [0.05, 0.1) is 6.54 Å². The van der Waals surface area contributed by atoms with Crippen molar-refractivity contribution in [1.82, 2.24) is 23.3 Å². The van der Waals surface area contributed by atoms with E-state index in [4.69, 9.17) is 11.6 Å². The molecule has 33 heavy (non-hydrogen) atoms. The highest BCUT2D eigenvalue weighted by Gasteiger charge is 2.23. The lowest BCUT2D eigenvalue weighted by Crippen LogP contribution is -2.37. The Labute approximate surface area is 194 Å². The van der Waals surface area contributed by atoms with Crippen LogP contribution in [0, 0.1) is 13.8 Å². The minimum atomic E-state index is -0.538. The Bertz CT molecular complexity index is 1580. The molecular formula is C24H24ClN5O3. The van der Waals surface area contributed by atoms with E-state index < -0.39 is 11.2 Å². The van der Waals surface area contributed by atoms with Gasteiger partial charge >= 0.3 is 5.69 Å². The minimum Gasteiger partial charge on any atom is -0.318 e. The van der Waals surface area contributed by atoms with Crippen LogP contribution in [0.25, 0.3) is 16.9 Å². The summed E-state index contributed by atoms with van der Waals surface area (Å²) in [6.45, 7) is 3.74. The monoisotopic (exact) mass is 465 g/mol. The molecule has 0 fully saturated rings. The van der Waals surface area contributed by atoms with Crippen molar-refractivity contribution < 1.29 is 4.79 Å². The van der Waals surface area contributed by atoms with Crippen molar-refractivity contribution >= 4 is 28.5 Å². The Kier molecular flexibility index (Phi) is 4.93. The smallest absolute Gasteiger partial charge is 0.318 e. The number of halogens is 1. The van der Waals surface area contributed by atoms with Gasteiger partial charge in [-0.25, -0.2) is 4.79 Å². The standard InChI is InChI=1S/C24H24ClN5O3/c1-13-10-18(14(2)30(13)17-9-8-15-6-5-7-16(15)11-17)19(31)12-29-20-21(26-23(29)25)27(3)24(33)28(4)22(20)32/h8-11H,5-7,12H2,1-4H3. The zero-order chi connectivity index (χ0) is 23.6. The maximum atomic E-state index is 13.4. The zero-order valence-electron chi connectivity index (χ0n) is 19.0. The van der Waals surface area contributed by atoms with Gasteiger partial charge in [-0.1, -0.05) is 6.07 Å². The summed E-state index contributed by atoms with van der Waals surface area (Å²) < 4.78 is 5.70. The first-order chi connectivity index (χ1) is 15.7. The molecule has 170 valence electrons. The van der Waals surface area contributed by atoms with Crippen LogP contribution in [0.5, 0.6) is 0 Å². The third-order valence-electron chi connectivity index (χ3n) is 6.67. The summed E-state index contributed by atoms with van der Waals surface area (Å²) >= 11 is 6.30.